The molecule has 0 saturated carbocycles. The highest BCUT2D eigenvalue weighted by atomic mass is 35.5. The zero-order valence-corrected chi connectivity index (χ0v) is 9.34. The topological polar surface area (TPSA) is 38.3 Å². The summed E-state index contributed by atoms with van der Waals surface area (Å²) in [5, 5.41) is 3.22. The number of halogens is 1. The average Bonchev–Trinajstić information content (AvgIpc) is 2.18. The fourth-order valence-electron chi connectivity index (χ4n) is 1.83. The first-order valence-corrected chi connectivity index (χ1v) is 4.67. The molecule has 1 aromatic carbocycles. The molecule has 0 bridgehead atoms. The molecule has 0 aliphatic carbocycles. The third-order valence-corrected chi connectivity index (χ3v) is 2.76. The van der Waals surface area contributed by atoms with E-state index in [-0.39, 0.29) is 12.4 Å². The van der Waals surface area contributed by atoms with Crippen LogP contribution in [0.5, 0.6) is 0 Å². The van der Waals surface area contributed by atoms with Crippen molar-refractivity contribution in [3.8, 4) is 0 Å². The first-order chi connectivity index (χ1) is 6.82. The summed E-state index contributed by atoms with van der Waals surface area (Å²) in [7, 11) is 1.66. The summed E-state index contributed by atoms with van der Waals surface area (Å²) < 4.78 is 5.43. The third-order valence-electron chi connectivity index (χ3n) is 2.76. The molecule has 0 spiro atoms. The molecule has 1 saturated heterocycles. The molecule has 1 heterocycles. The molecule has 2 rings (SSSR count). The smallest absolute Gasteiger partial charge is 0.150 e. The number of nitrogens with one attached hydrogen (secondary N) is 1. The standard InChI is InChI=1S/C11H13NO2.ClH/c1-14-11(6-7-12-11)10-5-3-2-4-9(10)8-13;/h2-5,8,12H,6-7H2,1H3;1H/t11-;/m1./s1. The van der Waals surface area contributed by atoms with Gasteiger partial charge in [-0.1, -0.05) is 24.3 Å². The van der Waals surface area contributed by atoms with Gasteiger partial charge in [0.05, 0.1) is 0 Å². The van der Waals surface area contributed by atoms with Crippen LogP contribution in [-0.2, 0) is 10.5 Å². The van der Waals surface area contributed by atoms with E-state index in [1.54, 1.807) is 7.11 Å². The quantitative estimate of drug-likeness (QED) is 0.800. The molecular formula is C11H14ClNO2. The molecular weight excluding hydrogens is 214 g/mol. The Bertz CT molecular complexity index is 345. The number of hydrogen-bond donors (Lipinski definition) is 1. The van der Waals surface area contributed by atoms with E-state index >= 15 is 0 Å². The van der Waals surface area contributed by atoms with E-state index in [9.17, 15) is 4.79 Å². The van der Waals surface area contributed by atoms with Crippen molar-refractivity contribution < 1.29 is 9.53 Å². The second-order valence-electron chi connectivity index (χ2n) is 3.41. The maximum atomic E-state index is 10.8. The fourth-order valence-corrected chi connectivity index (χ4v) is 1.83. The summed E-state index contributed by atoms with van der Waals surface area (Å²) in [4.78, 5) is 10.8. The van der Waals surface area contributed by atoms with Crippen molar-refractivity contribution in [3.63, 3.8) is 0 Å². The van der Waals surface area contributed by atoms with Gasteiger partial charge in [0.15, 0.2) is 0 Å². The average molecular weight is 228 g/mol. The Morgan fingerprint density at radius 1 is 1.47 bits per heavy atom. The molecule has 15 heavy (non-hydrogen) atoms. The van der Waals surface area contributed by atoms with Crippen molar-refractivity contribution in [2.75, 3.05) is 13.7 Å². The summed E-state index contributed by atoms with van der Waals surface area (Å²) in [6.07, 6.45) is 1.78. The molecule has 1 atom stereocenters. The first-order valence-electron chi connectivity index (χ1n) is 4.67. The lowest BCUT2D eigenvalue weighted by Crippen LogP contribution is -2.55. The van der Waals surface area contributed by atoms with Gasteiger partial charge in [-0.2, -0.15) is 0 Å². The van der Waals surface area contributed by atoms with Crippen molar-refractivity contribution in [1.29, 1.82) is 0 Å². The molecule has 1 N–H and O–H groups in total. The minimum Gasteiger partial charge on any atom is -0.360 e. The Balaban J connectivity index is 0.00000112. The second-order valence-corrected chi connectivity index (χ2v) is 3.41. The molecule has 3 nitrogen and oxygen atoms in total. The Kier molecular flexibility index (Phi) is 3.85. The van der Waals surface area contributed by atoms with Crippen LogP contribution in [0, 0.1) is 0 Å². The number of aldehydes is 1. The number of carbonyl (C=O) groups is 1. The van der Waals surface area contributed by atoms with E-state index in [2.05, 4.69) is 5.32 Å². The summed E-state index contributed by atoms with van der Waals surface area (Å²) in [6, 6.07) is 7.51. The highest BCUT2D eigenvalue weighted by Gasteiger charge is 2.39. The van der Waals surface area contributed by atoms with Crippen molar-refractivity contribution in [2.24, 2.45) is 0 Å². The van der Waals surface area contributed by atoms with E-state index in [0.29, 0.717) is 5.56 Å². The Morgan fingerprint density at radius 3 is 2.60 bits per heavy atom. The lowest BCUT2D eigenvalue weighted by atomic mass is 9.89. The van der Waals surface area contributed by atoms with Crippen LogP contribution in [0.4, 0.5) is 0 Å². The largest absolute Gasteiger partial charge is 0.360 e. The highest BCUT2D eigenvalue weighted by Crippen LogP contribution is 2.33. The van der Waals surface area contributed by atoms with E-state index in [1.807, 2.05) is 24.3 Å². The third kappa shape index (κ3) is 1.91. The van der Waals surface area contributed by atoms with Crippen LogP contribution < -0.4 is 5.32 Å². The maximum Gasteiger partial charge on any atom is 0.150 e. The van der Waals surface area contributed by atoms with Gasteiger partial charge in [0, 0.05) is 31.2 Å². The zero-order chi connectivity index (χ0) is 10.0. The minimum absolute atomic E-state index is 0. The molecule has 0 unspecified atom stereocenters. The zero-order valence-electron chi connectivity index (χ0n) is 8.53. The van der Waals surface area contributed by atoms with Crippen LogP contribution in [0.1, 0.15) is 22.3 Å². The van der Waals surface area contributed by atoms with Gasteiger partial charge < -0.3 is 4.74 Å². The number of benzene rings is 1. The van der Waals surface area contributed by atoms with Crippen molar-refractivity contribution >= 4 is 18.7 Å². The van der Waals surface area contributed by atoms with Gasteiger partial charge in [-0.15, -0.1) is 12.4 Å². The molecule has 0 aromatic heterocycles. The predicted molar refractivity (Wildman–Crippen MR) is 60.4 cm³/mol. The van der Waals surface area contributed by atoms with E-state index in [1.165, 1.54) is 0 Å². The molecule has 0 amide bonds. The molecule has 1 aliphatic heterocycles. The minimum atomic E-state index is -0.433. The number of hydrogen-bond acceptors (Lipinski definition) is 3. The second kappa shape index (κ2) is 4.75. The van der Waals surface area contributed by atoms with E-state index in [0.717, 1.165) is 24.8 Å². The van der Waals surface area contributed by atoms with Crippen LogP contribution >= 0.6 is 12.4 Å². The van der Waals surface area contributed by atoms with Gasteiger partial charge >= 0.3 is 0 Å². The van der Waals surface area contributed by atoms with Crippen LogP contribution in [0.3, 0.4) is 0 Å². The van der Waals surface area contributed by atoms with Gasteiger partial charge in [0.25, 0.3) is 0 Å². The molecule has 1 aromatic rings. The van der Waals surface area contributed by atoms with Gasteiger partial charge in [-0.05, 0) is 0 Å². The molecule has 1 fully saturated rings. The summed E-state index contributed by atoms with van der Waals surface area (Å²) in [6.45, 7) is 0.932. The molecule has 4 heteroatoms. The summed E-state index contributed by atoms with van der Waals surface area (Å²) >= 11 is 0. The molecule has 1 aliphatic rings. The Hall–Kier alpha value is -0.900. The fraction of sp³-hybridized carbons (Fsp3) is 0.364. The Morgan fingerprint density at radius 2 is 2.13 bits per heavy atom. The van der Waals surface area contributed by atoms with Gasteiger partial charge in [0.1, 0.15) is 12.0 Å². The molecule has 82 valence electrons. The molecule has 0 radical (unpaired) electrons. The number of carbonyl (C=O) groups excluding carboxylic acids is 1. The van der Waals surface area contributed by atoms with Crippen molar-refractivity contribution in [1.82, 2.24) is 5.32 Å². The first kappa shape index (κ1) is 12.2. The lowest BCUT2D eigenvalue weighted by molar-refractivity contribution is -0.0974. The summed E-state index contributed by atoms with van der Waals surface area (Å²) in [5.41, 5.74) is 1.20. The van der Waals surface area contributed by atoms with Crippen LogP contribution in [-0.4, -0.2) is 19.9 Å². The summed E-state index contributed by atoms with van der Waals surface area (Å²) in [5.74, 6) is 0. The number of methoxy groups -OCH3 is 1. The predicted octanol–water partition coefficient (Wildman–Crippen LogP) is 1.71. The maximum absolute atomic E-state index is 10.8. The Labute approximate surface area is 95.2 Å². The van der Waals surface area contributed by atoms with Gasteiger partial charge in [0.2, 0.25) is 0 Å². The van der Waals surface area contributed by atoms with Crippen molar-refractivity contribution in [2.45, 2.75) is 12.1 Å². The van der Waals surface area contributed by atoms with Crippen molar-refractivity contribution in [3.05, 3.63) is 35.4 Å². The van der Waals surface area contributed by atoms with Gasteiger partial charge in [-0.25, -0.2) is 0 Å². The number of ether oxygens (including phenoxy) is 1. The monoisotopic (exact) mass is 227 g/mol. The van der Waals surface area contributed by atoms with Crippen LogP contribution in [0.2, 0.25) is 0 Å². The highest BCUT2D eigenvalue weighted by molar-refractivity contribution is 5.85. The van der Waals surface area contributed by atoms with E-state index < -0.39 is 5.72 Å². The van der Waals surface area contributed by atoms with Crippen LogP contribution in [0.15, 0.2) is 24.3 Å². The van der Waals surface area contributed by atoms with Crippen LogP contribution in [0.25, 0.3) is 0 Å². The SMILES string of the molecule is CO[C@@]1(c2ccccc2C=O)CCN1.Cl. The van der Waals surface area contributed by atoms with Gasteiger partial charge in [-0.3, -0.25) is 10.1 Å². The normalized spacial score (nSPS) is 23.8. The van der Waals surface area contributed by atoms with E-state index in [4.69, 9.17) is 4.74 Å². The lowest BCUT2D eigenvalue weighted by Gasteiger charge is -2.42. The number of rotatable bonds is 3.